The monoisotopic (exact) mass is 340 g/mol. The molecule has 0 aromatic heterocycles. The number of methoxy groups -OCH3 is 1. The van der Waals surface area contributed by atoms with E-state index in [1.165, 1.54) is 29.9 Å². The second kappa shape index (κ2) is 8.10. The second-order valence-corrected chi connectivity index (χ2v) is 5.44. The molecule has 0 fully saturated rings. The van der Waals surface area contributed by atoms with Gasteiger partial charge in [-0.1, -0.05) is 24.3 Å². The van der Waals surface area contributed by atoms with Crippen molar-refractivity contribution in [1.29, 1.82) is 0 Å². The number of likely N-dealkylation sites (N-methyl/N-ethyl adjacent to an activating group) is 1. The van der Waals surface area contributed by atoms with Crippen LogP contribution in [0.25, 0.3) is 0 Å². The number of hydrogen-bond donors (Lipinski definition) is 0. The Hall–Kier alpha value is -3.15. The van der Waals surface area contributed by atoms with Crippen molar-refractivity contribution in [3.63, 3.8) is 0 Å². The van der Waals surface area contributed by atoms with E-state index in [2.05, 4.69) is 0 Å². The molecule has 6 heteroatoms. The minimum atomic E-state index is -0.502. The Morgan fingerprint density at radius 3 is 2.20 bits per heavy atom. The van der Waals surface area contributed by atoms with Gasteiger partial charge in [0.15, 0.2) is 0 Å². The molecule has 2 aromatic carbocycles. The van der Waals surface area contributed by atoms with Gasteiger partial charge in [0, 0.05) is 25.3 Å². The Morgan fingerprint density at radius 2 is 1.60 bits per heavy atom. The van der Waals surface area contributed by atoms with Gasteiger partial charge in [0.1, 0.15) is 6.54 Å². The third-order valence-electron chi connectivity index (χ3n) is 3.77. The first kappa shape index (κ1) is 18.2. The van der Waals surface area contributed by atoms with Crippen LogP contribution in [0.1, 0.15) is 17.3 Å². The number of amides is 2. The van der Waals surface area contributed by atoms with Crippen LogP contribution in [-0.4, -0.2) is 38.5 Å². The topological polar surface area (TPSA) is 66.9 Å². The maximum atomic E-state index is 12.5. The summed E-state index contributed by atoms with van der Waals surface area (Å²) in [6, 6.07) is 15.6. The number of hydrogen-bond acceptors (Lipinski definition) is 4. The standard InChI is InChI=1S/C19H20N2O4/c1-14(22)21(17-11-7-8-15(12-17)19(24)25-3)13-18(23)20(2)16-9-5-4-6-10-16/h4-12H,13H2,1-3H3. The van der Waals surface area contributed by atoms with E-state index in [-0.39, 0.29) is 18.4 Å². The first-order valence-electron chi connectivity index (χ1n) is 7.72. The fourth-order valence-electron chi connectivity index (χ4n) is 2.34. The van der Waals surface area contributed by atoms with Crippen LogP contribution >= 0.6 is 0 Å². The van der Waals surface area contributed by atoms with E-state index in [4.69, 9.17) is 4.74 Å². The second-order valence-electron chi connectivity index (χ2n) is 5.44. The van der Waals surface area contributed by atoms with Gasteiger partial charge in [-0.3, -0.25) is 9.59 Å². The zero-order valence-electron chi connectivity index (χ0n) is 14.4. The van der Waals surface area contributed by atoms with Crippen LogP contribution in [0.4, 0.5) is 11.4 Å². The van der Waals surface area contributed by atoms with E-state index < -0.39 is 5.97 Å². The van der Waals surface area contributed by atoms with Crippen LogP contribution in [0.5, 0.6) is 0 Å². The van der Waals surface area contributed by atoms with Gasteiger partial charge in [-0.05, 0) is 30.3 Å². The van der Waals surface area contributed by atoms with Gasteiger partial charge in [0.25, 0.3) is 0 Å². The molecule has 0 atom stereocenters. The molecule has 2 aromatic rings. The summed E-state index contributed by atoms with van der Waals surface area (Å²) in [5.74, 6) is -1.04. The Balaban J connectivity index is 2.23. The van der Waals surface area contributed by atoms with Gasteiger partial charge in [0.2, 0.25) is 11.8 Å². The maximum absolute atomic E-state index is 12.5. The number of nitrogens with zero attached hydrogens (tertiary/aromatic N) is 2. The average Bonchev–Trinajstić information content (AvgIpc) is 2.65. The van der Waals surface area contributed by atoms with Crippen molar-refractivity contribution in [3.05, 3.63) is 60.2 Å². The molecule has 0 bridgehead atoms. The fourth-order valence-corrected chi connectivity index (χ4v) is 2.34. The summed E-state index contributed by atoms with van der Waals surface area (Å²) in [5, 5.41) is 0. The number of ether oxygens (including phenoxy) is 1. The molecule has 0 aliphatic rings. The van der Waals surface area contributed by atoms with Crippen LogP contribution in [0.2, 0.25) is 0 Å². The summed E-state index contributed by atoms with van der Waals surface area (Å²) in [7, 11) is 2.94. The summed E-state index contributed by atoms with van der Waals surface area (Å²) in [4.78, 5) is 39.1. The summed E-state index contributed by atoms with van der Waals surface area (Å²) in [5.41, 5.74) is 1.51. The van der Waals surface area contributed by atoms with Crippen molar-refractivity contribution in [2.75, 3.05) is 30.5 Å². The zero-order valence-corrected chi connectivity index (χ0v) is 14.4. The Kier molecular flexibility index (Phi) is 5.89. The molecule has 0 saturated heterocycles. The van der Waals surface area contributed by atoms with Crippen LogP contribution in [0, 0.1) is 0 Å². The molecule has 6 nitrogen and oxygen atoms in total. The van der Waals surface area contributed by atoms with Crippen LogP contribution in [-0.2, 0) is 14.3 Å². The highest BCUT2D eigenvalue weighted by atomic mass is 16.5. The number of rotatable bonds is 5. The molecule has 130 valence electrons. The highest BCUT2D eigenvalue weighted by Gasteiger charge is 2.20. The Bertz CT molecular complexity index is 774. The van der Waals surface area contributed by atoms with E-state index in [1.807, 2.05) is 30.3 Å². The smallest absolute Gasteiger partial charge is 0.337 e. The zero-order chi connectivity index (χ0) is 18.4. The van der Waals surface area contributed by atoms with Crippen molar-refractivity contribution >= 4 is 29.2 Å². The lowest BCUT2D eigenvalue weighted by Gasteiger charge is -2.24. The van der Waals surface area contributed by atoms with Crippen molar-refractivity contribution in [2.24, 2.45) is 0 Å². The molecule has 2 rings (SSSR count). The van der Waals surface area contributed by atoms with Gasteiger partial charge >= 0.3 is 5.97 Å². The molecule has 25 heavy (non-hydrogen) atoms. The lowest BCUT2D eigenvalue weighted by atomic mass is 10.2. The third kappa shape index (κ3) is 4.44. The molecule has 0 saturated carbocycles. The predicted octanol–water partition coefficient (Wildman–Crippen LogP) is 2.49. The largest absolute Gasteiger partial charge is 0.465 e. The van der Waals surface area contributed by atoms with Crippen molar-refractivity contribution in [2.45, 2.75) is 6.92 Å². The van der Waals surface area contributed by atoms with E-state index in [0.29, 0.717) is 11.3 Å². The number of para-hydroxylation sites is 1. The summed E-state index contributed by atoms with van der Waals surface area (Å²) in [6.45, 7) is 1.24. The Labute approximate surface area is 146 Å². The molecule has 0 aliphatic heterocycles. The average molecular weight is 340 g/mol. The molecule has 0 spiro atoms. The lowest BCUT2D eigenvalue weighted by Crippen LogP contribution is -2.40. The molecule has 0 N–H and O–H groups in total. The third-order valence-corrected chi connectivity index (χ3v) is 3.77. The van der Waals surface area contributed by atoms with Gasteiger partial charge < -0.3 is 14.5 Å². The van der Waals surface area contributed by atoms with Crippen molar-refractivity contribution in [1.82, 2.24) is 0 Å². The van der Waals surface area contributed by atoms with Crippen molar-refractivity contribution < 1.29 is 19.1 Å². The lowest BCUT2D eigenvalue weighted by molar-refractivity contribution is -0.121. The predicted molar refractivity (Wildman–Crippen MR) is 95.7 cm³/mol. The molecule has 0 heterocycles. The number of carbonyl (C=O) groups is 3. The first-order valence-corrected chi connectivity index (χ1v) is 7.72. The molecular weight excluding hydrogens is 320 g/mol. The highest BCUT2D eigenvalue weighted by Crippen LogP contribution is 2.18. The van der Waals surface area contributed by atoms with Gasteiger partial charge in [-0.15, -0.1) is 0 Å². The van der Waals surface area contributed by atoms with Crippen molar-refractivity contribution in [3.8, 4) is 0 Å². The molecule has 0 unspecified atom stereocenters. The summed E-state index contributed by atoms with van der Waals surface area (Å²) >= 11 is 0. The highest BCUT2D eigenvalue weighted by molar-refractivity contribution is 6.03. The number of esters is 1. The van der Waals surface area contributed by atoms with Gasteiger partial charge in [0.05, 0.1) is 12.7 Å². The molecule has 2 amide bonds. The quantitative estimate of drug-likeness (QED) is 0.784. The van der Waals surface area contributed by atoms with Crippen LogP contribution in [0.3, 0.4) is 0 Å². The van der Waals surface area contributed by atoms with E-state index >= 15 is 0 Å². The Morgan fingerprint density at radius 1 is 0.960 bits per heavy atom. The fraction of sp³-hybridized carbons (Fsp3) is 0.211. The molecule has 0 aliphatic carbocycles. The van der Waals surface area contributed by atoms with Crippen LogP contribution in [0.15, 0.2) is 54.6 Å². The number of anilines is 2. The number of benzene rings is 2. The van der Waals surface area contributed by atoms with E-state index in [0.717, 1.165) is 5.69 Å². The first-order chi connectivity index (χ1) is 11.9. The minimum Gasteiger partial charge on any atom is -0.465 e. The minimum absolute atomic E-state index is 0.134. The van der Waals surface area contributed by atoms with E-state index in [1.54, 1.807) is 25.2 Å². The van der Waals surface area contributed by atoms with Gasteiger partial charge in [-0.2, -0.15) is 0 Å². The maximum Gasteiger partial charge on any atom is 0.337 e. The van der Waals surface area contributed by atoms with Crippen LogP contribution < -0.4 is 9.80 Å². The van der Waals surface area contributed by atoms with Gasteiger partial charge in [-0.25, -0.2) is 4.79 Å². The SMILES string of the molecule is COC(=O)c1cccc(N(CC(=O)N(C)c2ccccc2)C(C)=O)c1. The van der Waals surface area contributed by atoms with E-state index in [9.17, 15) is 14.4 Å². The summed E-state index contributed by atoms with van der Waals surface area (Å²) < 4.78 is 4.69. The number of carbonyl (C=O) groups excluding carboxylic acids is 3. The normalized spacial score (nSPS) is 10.0. The molecule has 0 radical (unpaired) electrons. The molecular formula is C19H20N2O4. The summed E-state index contributed by atoms with van der Waals surface area (Å²) in [6.07, 6.45) is 0.